The fourth-order valence-corrected chi connectivity index (χ4v) is 2.81. The predicted octanol–water partition coefficient (Wildman–Crippen LogP) is 4.84. The molecule has 0 saturated carbocycles. The Hall–Kier alpha value is -2.08. The molecule has 2 rings (SSSR count). The summed E-state index contributed by atoms with van der Waals surface area (Å²) in [6.07, 6.45) is -4.38. The fourth-order valence-electron chi connectivity index (χ4n) is 2.12. The number of carbonyl (C=O) groups excluding carboxylic acids is 2. The summed E-state index contributed by atoms with van der Waals surface area (Å²) in [6.45, 7) is 1.54. The third-order valence-electron chi connectivity index (χ3n) is 3.42. The number of hydrogen-bond acceptors (Lipinski definition) is 3. The molecule has 2 aromatic carbocycles. The van der Waals surface area contributed by atoms with Gasteiger partial charge in [-0.05, 0) is 11.6 Å². The van der Waals surface area contributed by atoms with Crippen molar-refractivity contribution in [1.82, 2.24) is 0 Å². The average molecular weight is 352 g/mol. The molecule has 0 N–H and O–H groups in total. The molecule has 0 heterocycles. The minimum Gasteiger partial charge on any atom is -0.289 e. The Bertz CT molecular complexity index is 727. The van der Waals surface area contributed by atoms with Crippen LogP contribution < -0.4 is 0 Å². The molecule has 0 spiro atoms. The number of ketones is 1. The first-order chi connectivity index (χ1) is 11.3. The Kier molecular flexibility index (Phi) is 5.83. The van der Waals surface area contributed by atoms with Crippen molar-refractivity contribution < 1.29 is 22.8 Å². The van der Waals surface area contributed by atoms with Crippen molar-refractivity contribution in [3.05, 3.63) is 71.3 Å². The Morgan fingerprint density at radius 3 is 2.25 bits per heavy atom. The lowest BCUT2D eigenvalue weighted by Gasteiger charge is -2.12. The van der Waals surface area contributed by atoms with Crippen molar-refractivity contribution in [3.8, 4) is 0 Å². The molecule has 0 aliphatic heterocycles. The molecule has 6 heteroatoms. The summed E-state index contributed by atoms with van der Waals surface area (Å²) in [5.41, 5.74) is 1.44. The molecule has 1 atom stereocenters. The summed E-state index contributed by atoms with van der Waals surface area (Å²) < 4.78 is 36.7. The highest BCUT2D eigenvalue weighted by Gasteiger charge is 2.30. The largest absolute Gasteiger partial charge is 0.398 e. The molecule has 2 nitrogen and oxygen atoms in total. The molecular weight excluding hydrogens is 337 g/mol. The van der Waals surface area contributed by atoms with E-state index in [1.807, 2.05) is 0 Å². The second-order valence-corrected chi connectivity index (χ2v) is 6.24. The van der Waals surface area contributed by atoms with Crippen molar-refractivity contribution in [2.45, 2.75) is 19.0 Å². The van der Waals surface area contributed by atoms with E-state index in [9.17, 15) is 22.8 Å². The van der Waals surface area contributed by atoms with Crippen LogP contribution in [0.5, 0.6) is 0 Å². The smallest absolute Gasteiger partial charge is 0.289 e. The van der Waals surface area contributed by atoms with Crippen LogP contribution in [0, 0.1) is 0 Å². The molecular formula is C18H15F3O2S. The van der Waals surface area contributed by atoms with Gasteiger partial charge in [-0.1, -0.05) is 67.2 Å². The van der Waals surface area contributed by atoms with Crippen LogP contribution in [0.15, 0.2) is 54.6 Å². The zero-order valence-electron chi connectivity index (χ0n) is 12.8. The molecule has 2 aromatic rings. The molecule has 0 fully saturated rings. The highest BCUT2D eigenvalue weighted by Crippen LogP contribution is 2.28. The van der Waals surface area contributed by atoms with Crippen molar-refractivity contribution in [2.24, 2.45) is 0 Å². The van der Waals surface area contributed by atoms with Gasteiger partial charge in [0.25, 0.3) is 0 Å². The first kappa shape index (κ1) is 18.3. The van der Waals surface area contributed by atoms with E-state index in [0.29, 0.717) is 16.7 Å². The minimum atomic E-state index is -4.38. The van der Waals surface area contributed by atoms with Crippen molar-refractivity contribution in [2.75, 3.05) is 5.75 Å². The summed E-state index contributed by atoms with van der Waals surface area (Å²) in [5.74, 6) is -2.13. The standard InChI is InChI=1S/C18H15F3O2S/c1-12(17(23)24-11-18(19,20)21)14-8-5-9-15(10-14)16(22)13-6-3-2-4-7-13/h2-10,12H,11H2,1H3/t12-/m1/s1. The lowest BCUT2D eigenvalue weighted by atomic mass is 9.96. The summed E-state index contributed by atoms with van der Waals surface area (Å²) in [6, 6.07) is 15.1. The molecule has 126 valence electrons. The van der Waals surface area contributed by atoms with E-state index in [1.165, 1.54) is 6.92 Å². The molecule has 0 aromatic heterocycles. The summed E-state index contributed by atoms with van der Waals surface area (Å²) in [4.78, 5) is 24.3. The number of carbonyl (C=O) groups is 2. The fraction of sp³-hybridized carbons (Fsp3) is 0.222. The Labute approximate surface area is 142 Å². The van der Waals surface area contributed by atoms with Gasteiger partial charge < -0.3 is 0 Å². The Morgan fingerprint density at radius 2 is 1.62 bits per heavy atom. The second-order valence-electron chi connectivity index (χ2n) is 5.27. The van der Waals surface area contributed by atoms with Gasteiger partial charge in [0.2, 0.25) is 0 Å². The molecule has 0 amide bonds. The monoisotopic (exact) mass is 352 g/mol. The van der Waals surface area contributed by atoms with Gasteiger partial charge in [-0.25, -0.2) is 0 Å². The summed E-state index contributed by atoms with van der Waals surface area (Å²) >= 11 is 0.248. The van der Waals surface area contributed by atoms with Crippen molar-refractivity contribution in [1.29, 1.82) is 0 Å². The highest BCUT2D eigenvalue weighted by molar-refractivity contribution is 8.13. The quantitative estimate of drug-likeness (QED) is 0.722. The van der Waals surface area contributed by atoms with Gasteiger partial charge >= 0.3 is 6.18 Å². The maximum Gasteiger partial charge on any atom is 0.398 e. The summed E-state index contributed by atoms with van der Waals surface area (Å²) in [7, 11) is 0. The highest BCUT2D eigenvalue weighted by atomic mass is 32.2. The van der Waals surface area contributed by atoms with Gasteiger partial charge in [0.15, 0.2) is 10.9 Å². The van der Waals surface area contributed by atoms with Crippen LogP contribution in [-0.2, 0) is 4.79 Å². The Morgan fingerprint density at radius 1 is 1.00 bits per heavy atom. The number of alkyl halides is 3. The van der Waals surface area contributed by atoms with Gasteiger partial charge in [-0.3, -0.25) is 9.59 Å². The molecule has 0 radical (unpaired) electrons. The number of benzene rings is 2. The molecule has 0 saturated heterocycles. The third kappa shape index (κ3) is 4.96. The molecule has 0 bridgehead atoms. The number of hydrogen-bond donors (Lipinski definition) is 0. The van der Waals surface area contributed by atoms with E-state index in [0.717, 1.165) is 0 Å². The zero-order valence-corrected chi connectivity index (χ0v) is 13.7. The van der Waals surface area contributed by atoms with E-state index >= 15 is 0 Å². The van der Waals surface area contributed by atoms with E-state index in [4.69, 9.17) is 0 Å². The predicted molar refractivity (Wildman–Crippen MR) is 88.3 cm³/mol. The maximum atomic E-state index is 12.4. The SMILES string of the molecule is C[C@@H](C(=O)SCC(F)(F)F)c1cccc(C(=O)c2ccccc2)c1. The maximum absolute atomic E-state index is 12.4. The van der Waals surface area contributed by atoms with E-state index in [1.54, 1.807) is 54.6 Å². The van der Waals surface area contributed by atoms with Crippen molar-refractivity contribution >= 4 is 22.7 Å². The van der Waals surface area contributed by atoms with Gasteiger partial charge in [-0.2, -0.15) is 13.2 Å². The lowest BCUT2D eigenvalue weighted by Crippen LogP contribution is -2.15. The first-order valence-electron chi connectivity index (χ1n) is 7.21. The van der Waals surface area contributed by atoms with Gasteiger partial charge in [0, 0.05) is 11.1 Å². The number of rotatable bonds is 5. The lowest BCUT2D eigenvalue weighted by molar-refractivity contribution is -0.114. The van der Waals surface area contributed by atoms with Gasteiger partial charge in [0.05, 0.1) is 11.7 Å². The van der Waals surface area contributed by atoms with Crippen molar-refractivity contribution in [3.63, 3.8) is 0 Å². The Balaban J connectivity index is 2.15. The van der Waals surface area contributed by atoms with Crippen LogP contribution in [0.4, 0.5) is 13.2 Å². The average Bonchev–Trinajstić information content (AvgIpc) is 2.58. The van der Waals surface area contributed by atoms with Crippen LogP contribution >= 0.6 is 11.8 Å². The molecule has 0 unspecified atom stereocenters. The van der Waals surface area contributed by atoms with E-state index in [-0.39, 0.29) is 17.5 Å². The van der Waals surface area contributed by atoms with Crippen LogP contribution in [0.3, 0.4) is 0 Å². The molecule has 0 aliphatic rings. The van der Waals surface area contributed by atoms with Crippen LogP contribution in [0.2, 0.25) is 0 Å². The van der Waals surface area contributed by atoms with Gasteiger partial charge in [0.1, 0.15) is 0 Å². The molecule has 24 heavy (non-hydrogen) atoms. The van der Waals surface area contributed by atoms with Crippen LogP contribution in [0.1, 0.15) is 34.3 Å². The van der Waals surface area contributed by atoms with Crippen LogP contribution in [-0.4, -0.2) is 22.8 Å². The van der Waals surface area contributed by atoms with E-state index in [2.05, 4.69) is 0 Å². The van der Waals surface area contributed by atoms with Crippen LogP contribution in [0.25, 0.3) is 0 Å². The third-order valence-corrected chi connectivity index (χ3v) is 4.53. The zero-order chi connectivity index (χ0) is 17.7. The van der Waals surface area contributed by atoms with Gasteiger partial charge in [-0.15, -0.1) is 0 Å². The topological polar surface area (TPSA) is 34.1 Å². The van der Waals surface area contributed by atoms with E-state index < -0.39 is 23.0 Å². The second kappa shape index (κ2) is 7.66. The first-order valence-corrected chi connectivity index (χ1v) is 8.19. The normalized spacial score (nSPS) is 12.7. The number of halogens is 3. The molecule has 0 aliphatic carbocycles. The summed E-state index contributed by atoms with van der Waals surface area (Å²) in [5, 5.41) is -0.573. The minimum absolute atomic E-state index is 0.194. The number of thioether (sulfide) groups is 1.